The normalized spacial score (nSPS) is 20.4. The van der Waals surface area contributed by atoms with E-state index >= 15 is 0 Å². The summed E-state index contributed by atoms with van der Waals surface area (Å²) < 4.78 is 25.6. The highest BCUT2D eigenvalue weighted by atomic mass is 19.1. The van der Waals surface area contributed by atoms with Crippen molar-refractivity contribution in [2.75, 3.05) is 13.2 Å². The molecule has 1 aliphatic rings. The van der Waals surface area contributed by atoms with Crippen LogP contribution in [0.3, 0.4) is 0 Å². The van der Waals surface area contributed by atoms with E-state index in [0.29, 0.717) is 29.5 Å². The Balaban J connectivity index is 1.54. The van der Waals surface area contributed by atoms with Gasteiger partial charge in [0.05, 0.1) is 30.5 Å². The van der Waals surface area contributed by atoms with E-state index in [1.807, 2.05) is 6.92 Å². The Kier molecular flexibility index (Phi) is 6.81. The molecule has 0 aliphatic carbocycles. The van der Waals surface area contributed by atoms with E-state index in [-0.39, 0.29) is 24.9 Å². The third-order valence-electron chi connectivity index (χ3n) is 4.95. The first-order valence-corrected chi connectivity index (χ1v) is 10.3. The molecule has 3 aromatic rings. The number of hydrogen-bond donors (Lipinski definition) is 2. The number of nitrogens with one attached hydrogen (secondary N) is 2. The lowest BCUT2D eigenvalue weighted by Crippen LogP contribution is -2.51. The third kappa shape index (κ3) is 5.14. The molecular formula is C22H23FN6O3. The van der Waals surface area contributed by atoms with Gasteiger partial charge in [0.1, 0.15) is 18.2 Å². The Morgan fingerprint density at radius 2 is 2.09 bits per heavy atom. The first-order chi connectivity index (χ1) is 15.6. The summed E-state index contributed by atoms with van der Waals surface area (Å²) in [6, 6.07) is 4.46. The van der Waals surface area contributed by atoms with Gasteiger partial charge >= 0.3 is 0 Å². The molecule has 32 heavy (non-hydrogen) atoms. The Morgan fingerprint density at radius 3 is 2.91 bits per heavy atom. The van der Waals surface area contributed by atoms with Crippen LogP contribution in [0.2, 0.25) is 0 Å². The summed E-state index contributed by atoms with van der Waals surface area (Å²) in [5.74, 6) is 0.925. The highest BCUT2D eigenvalue weighted by molar-refractivity contribution is 5.93. The fourth-order valence-electron chi connectivity index (χ4n) is 3.54. The second kappa shape index (κ2) is 10.1. The number of nitrogens with zero attached hydrogens (tertiary/aromatic N) is 4. The molecule has 0 spiro atoms. The Hall–Kier alpha value is -3.66. The predicted octanol–water partition coefficient (Wildman–Crippen LogP) is 2.63. The SMILES string of the molecule is CCOc1cccnc1Oc1cncc(C2NC[C@@H](F)C[C@@H]2NC(=O)c2cncnc2)c1. The van der Waals surface area contributed by atoms with Crippen LogP contribution in [0, 0.1) is 0 Å². The zero-order valence-electron chi connectivity index (χ0n) is 17.4. The summed E-state index contributed by atoms with van der Waals surface area (Å²) in [6.07, 6.45) is 8.08. The summed E-state index contributed by atoms with van der Waals surface area (Å²) >= 11 is 0. The zero-order valence-corrected chi connectivity index (χ0v) is 17.4. The Bertz CT molecular complexity index is 1050. The molecule has 0 aromatic carbocycles. The number of halogens is 1. The highest BCUT2D eigenvalue weighted by Crippen LogP contribution is 2.31. The van der Waals surface area contributed by atoms with Crippen LogP contribution in [-0.4, -0.2) is 51.2 Å². The summed E-state index contributed by atoms with van der Waals surface area (Å²) in [5, 5.41) is 6.04. The van der Waals surface area contributed by atoms with Crippen molar-refractivity contribution in [1.29, 1.82) is 0 Å². The standard InChI is InChI=1S/C22H23FN6O3/c1-2-31-19-4-3-5-27-22(19)32-17-6-14(8-24-12-17)20-18(7-16(23)11-28-20)29-21(30)15-9-25-13-26-10-15/h3-6,8-10,12-13,16,18,20,28H,2,7,11H2,1H3,(H,29,30)/t16-,18-,20?/m0/s1. The molecule has 4 rings (SSSR count). The first kappa shape index (κ1) is 21.6. The second-order valence-electron chi connectivity index (χ2n) is 7.22. The van der Waals surface area contributed by atoms with Gasteiger partial charge in [-0.1, -0.05) is 0 Å². The number of aromatic nitrogens is 4. The van der Waals surface area contributed by atoms with E-state index in [1.54, 1.807) is 36.8 Å². The van der Waals surface area contributed by atoms with Crippen molar-refractivity contribution in [3.8, 4) is 17.4 Å². The molecule has 0 bridgehead atoms. The number of alkyl halides is 1. The van der Waals surface area contributed by atoms with Crippen LogP contribution in [0.15, 0.2) is 55.5 Å². The van der Waals surface area contributed by atoms with Crippen molar-refractivity contribution in [1.82, 2.24) is 30.6 Å². The lowest BCUT2D eigenvalue weighted by Gasteiger charge is -2.35. The molecule has 2 N–H and O–H groups in total. The molecule has 1 aliphatic heterocycles. The zero-order chi connectivity index (χ0) is 22.3. The van der Waals surface area contributed by atoms with Crippen LogP contribution in [0.25, 0.3) is 0 Å². The summed E-state index contributed by atoms with van der Waals surface area (Å²) in [4.78, 5) is 28.8. The highest BCUT2D eigenvalue weighted by Gasteiger charge is 2.33. The van der Waals surface area contributed by atoms with E-state index in [4.69, 9.17) is 9.47 Å². The van der Waals surface area contributed by atoms with Gasteiger partial charge in [-0.05, 0) is 30.7 Å². The molecule has 3 aromatic heterocycles. The minimum Gasteiger partial charge on any atom is -0.488 e. The van der Waals surface area contributed by atoms with Crippen molar-refractivity contribution < 1.29 is 18.7 Å². The van der Waals surface area contributed by atoms with E-state index in [9.17, 15) is 9.18 Å². The average molecular weight is 438 g/mol. The van der Waals surface area contributed by atoms with Crippen LogP contribution < -0.4 is 20.1 Å². The lowest BCUT2D eigenvalue weighted by atomic mass is 9.92. The van der Waals surface area contributed by atoms with Gasteiger partial charge in [-0.25, -0.2) is 19.3 Å². The van der Waals surface area contributed by atoms with Crippen molar-refractivity contribution in [3.63, 3.8) is 0 Å². The molecule has 10 heteroatoms. The number of carbonyl (C=O) groups excluding carboxylic acids is 1. The van der Waals surface area contributed by atoms with Gasteiger partial charge in [-0.15, -0.1) is 0 Å². The summed E-state index contributed by atoms with van der Waals surface area (Å²) in [5.41, 5.74) is 1.05. The number of ether oxygens (including phenoxy) is 2. The smallest absolute Gasteiger partial charge is 0.262 e. The first-order valence-electron chi connectivity index (χ1n) is 10.3. The molecule has 3 atom stereocenters. The Labute approximate surface area is 184 Å². The van der Waals surface area contributed by atoms with E-state index < -0.39 is 12.2 Å². The van der Waals surface area contributed by atoms with Crippen LogP contribution in [0.4, 0.5) is 4.39 Å². The third-order valence-corrected chi connectivity index (χ3v) is 4.95. The monoisotopic (exact) mass is 438 g/mol. The number of carbonyl (C=O) groups is 1. The van der Waals surface area contributed by atoms with Crippen LogP contribution in [0.5, 0.6) is 17.4 Å². The van der Waals surface area contributed by atoms with Crippen LogP contribution in [-0.2, 0) is 0 Å². The van der Waals surface area contributed by atoms with E-state index in [2.05, 4.69) is 30.6 Å². The Morgan fingerprint density at radius 1 is 1.25 bits per heavy atom. The van der Waals surface area contributed by atoms with Crippen LogP contribution >= 0.6 is 0 Å². The molecule has 1 fully saturated rings. The van der Waals surface area contributed by atoms with Crippen molar-refractivity contribution in [3.05, 3.63) is 66.6 Å². The largest absolute Gasteiger partial charge is 0.488 e. The van der Waals surface area contributed by atoms with Crippen molar-refractivity contribution in [2.45, 2.75) is 31.6 Å². The van der Waals surface area contributed by atoms with Gasteiger partial charge in [0, 0.05) is 37.8 Å². The summed E-state index contributed by atoms with van der Waals surface area (Å²) in [7, 11) is 0. The average Bonchev–Trinajstić information content (AvgIpc) is 2.81. The molecule has 1 amide bonds. The number of piperidine rings is 1. The number of amides is 1. The van der Waals surface area contributed by atoms with Gasteiger partial charge in [-0.3, -0.25) is 9.78 Å². The maximum atomic E-state index is 14.2. The number of rotatable bonds is 7. The number of hydrogen-bond acceptors (Lipinski definition) is 8. The maximum absolute atomic E-state index is 14.2. The van der Waals surface area contributed by atoms with Crippen LogP contribution in [0.1, 0.15) is 35.3 Å². The maximum Gasteiger partial charge on any atom is 0.262 e. The fraction of sp³-hybridized carbons (Fsp3) is 0.318. The predicted molar refractivity (Wildman–Crippen MR) is 113 cm³/mol. The molecule has 1 saturated heterocycles. The van der Waals surface area contributed by atoms with E-state index in [1.165, 1.54) is 18.7 Å². The molecule has 9 nitrogen and oxygen atoms in total. The molecule has 0 saturated carbocycles. The van der Waals surface area contributed by atoms with Crippen molar-refractivity contribution >= 4 is 5.91 Å². The molecule has 1 unspecified atom stereocenters. The molecule has 0 radical (unpaired) electrons. The van der Waals surface area contributed by atoms with Gasteiger partial charge in [0.2, 0.25) is 0 Å². The quantitative estimate of drug-likeness (QED) is 0.579. The summed E-state index contributed by atoms with van der Waals surface area (Å²) in [6.45, 7) is 2.53. The topological polar surface area (TPSA) is 111 Å². The molecule has 166 valence electrons. The van der Waals surface area contributed by atoms with E-state index in [0.717, 1.165) is 5.56 Å². The molecular weight excluding hydrogens is 415 g/mol. The van der Waals surface area contributed by atoms with Gasteiger partial charge in [0.25, 0.3) is 11.8 Å². The minimum absolute atomic E-state index is 0.164. The van der Waals surface area contributed by atoms with Gasteiger partial charge in [0.15, 0.2) is 5.75 Å². The minimum atomic E-state index is -1.08. The van der Waals surface area contributed by atoms with Gasteiger partial charge in [-0.2, -0.15) is 0 Å². The van der Waals surface area contributed by atoms with Crippen molar-refractivity contribution in [2.24, 2.45) is 0 Å². The second-order valence-corrected chi connectivity index (χ2v) is 7.22. The fourth-order valence-corrected chi connectivity index (χ4v) is 3.54. The number of pyridine rings is 2. The van der Waals surface area contributed by atoms with Gasteiger partial charge < -0.3 is 20.1 Å². The lowest BCUT2D eigenvalue weighted by molar-refractivity contribution is 0.0895. The molecule has 4 heterocycles.